The van der Waals surface area contributed by atoms with E-state index in [0.717, 1.165) is 5.76 Å². The molecule has 0 saturated heterocycles. The number of anilines is 1. The molecule has 8 heteroatoms. The van der Waals surface area contributed by atoms with Crippen LogP contribution in [0.15, 0.2) is 34.7 Å². The highest BCUT2D eigenvalue weighted by molar-refractivity contribution is 6.40. The Morgan fingerprint density at radius 1 is 1.07 bits per heavy atom. The maximum Gasteiger partial charge on any atom is 0.337 e. The molecule has 1 aromatic heterocycles. The summed E-state index contributed by atoms with van der Waals surface area (Å²) in [5.74, 6) is 0.392. The summed E-state index contributed by atoms with van der Waals surface area (Å²) in [6.45, 7) is 3.98. The topological polar surface area (TPSA) is 77.8 Å². The summed E-state index contributed by atoms with van der Waals surface area (Å²) in [5, 5.41) is 3.56. The molecular weight excluding hydrogens is 417 g/mol. The Morgan fingerprint density at radius 3 is 2.28 bits per heavy atom. The lowest BCUT2D eigenvalue weighted by atomic mass is 10.1. The van der Waals surface area contributed by atoms with Gasteiger partial charge in [0.1, 0.15) is 5.76 Å². The lowest BCUT2D eigenvalue weighted by Crippen LogP contribution is -2.13. The first-order valence-electron chi connectivity index (χ1n) is 8.76. The molecule has 0 aliphatic heterocycles. The normalized spacial score (nSPS) is 11.0. The number of carbonyl (C=O) groups excluding carboxylic acids is 2. The Labute approximate surface area is 177 Å². The van der Waals surface area contributed by atoms with Crippen LogP contribution in [0.2, 0.25) is 10.0 Å². The van der Waals surface area contributed by atoms with Crippen molar-refractivity contribution in [1.29, 1.82) is 0 Å². The predicted molar refractivity (Wildman–Crippen MR) is 113 cm³/mol. The molecule has 0 aliphatic rings. The molecule has 1 N–H and O–H groups in total. The summed E-state index contributed by atoms with van der Waals surface area (Å²) in [5.41, 5.74) is 1.24. The quantitative estimate of drug-likeness (QED) is 0.503. The van der Waals surface area contributed by atoms with Gasteiger partial charge in [0.15, 0.2) is 11.3 Å². The first-order valence-corrected chi connectivity index (χ1v) is 9.51. The molecule has 0 saturated carbocycles. The minimum Gasteiger partial charge on any atom is -0.493 e. The number of rotatable bonds is 5. The van der Waals surface area contributed by atoms with Gasteiger partial charge in [-0.05, 0) is 30.3 Å². The van der Waals surface area contributed by atoms with Crippen LogP contribution in [0.5, 0.6) is 5.75 Å². The first kappa shape index (κ1) is 21.0. The smallest absolute Gasteiger partial charge is 0.337 e. The molecule has 1 heterocycles. The minimum atomic E-state index is -0.580. The largest absolute Gasteiger partial charge is 0.493 e. The van der Waals surface area contributed by atoms with Crippen molar-refractivity contribution in [3.63, 3.8) is 0 Å². The van der Waals surface area contributed by atoms with Gasteiger partial charge in [-0.1, -0.05) is 37.0 Å². The van der Waals surface area contributed by atoms with Gasteiger partial charge in [-0.15, -0.1) is 0 Å². The molecule has 3 aromatic rings. The minimum absolute atomic E-state index is 0.117. The fourth-order valence-corrected chi connectivity index (χ4v) is 3.45. The third-order valence-corrected chi connectivity index (χ3v) is 5.00. The van der Waals surface area contributed by atoms with Crippen molar-refractivity contribution in [2.45, 2.75) is 19.8 Å². The van der Waals surface area contributed by atoms with Gasteiger partial charge in [-0.3, -0.25) is 4.79 Å². The molecule has 0 atom stereocenters. The van der Waals surface area contributed by atoms with E-state index in [0.29, 0.717) is 22.3 Å². The number of hydrogen-bond donors (Lipinski definition) is 1. The van der Waals surface area contributed by atoms with E-state index in [2.05, 4.69) is 10.1 Å². The molecule has 0 aliphatic carbocycles. The van der Waals surface area contributed by atoms with Crippen molar-refractivity contribution in [2.75, 3.05) is 19.5 Å². The molecule has 3 rings (SSSR count). The second-order valence-corrected chi connectivity index (χ2v) is 7.44. The standard InChI is InChI=1S/C21H19Cl2NO5/c1-10(2)17-9-13-12(5-6-16(27-3)19(13)29-17)20(25)24-18-14(22)7-11(8-15(18)23)21(26)28-4/h5-10H,1-4H3,(H,24,25). The Hall–Kier alpha value is -2.70. The summed E-state index contributed by atoms with van der Waals surface area (Å²) >= 11 is 12.5. The van der Waals surface area contributed by atoms with Crippen molar-refractivity contribution in [1.82, 2.24) is 0 Å². The summed E-state index contributed by atoms with van der Waals surface area (Å²) in [6, 6.07) is 7.89. The van der Waals surface area contributed by atoms with E-state index < -0.39 is 11.9 Å². The molecular formula is C21H19Cl2NO5. The van der Waals surface area contributed by atoms with Gasteiger partial charge in [-0.25, -0.2) is 4.79 Å². The maximum absolute atomic E-state index is 13.0. The number of fused-ring (bicyclic) bond motifs is 1. The van der Waals surface area contributed by atoms with E-state index in [1.54, 1.807) is 12.1 Å². The van der Waals surface area contributed by atoms with Crippen LogP contribution < -0.4 is 10.1 Å². The van der Waals surface area contributed by atoms with Gasteiger partial charge in [-0.2, -0.15) is 0 Å². The molecule has 6 nitrogen and oxygen atoms in total. The van der Waals surface area contributed by atoms with E-state index >= 15 is 0 Å². The summed E-state index contributed by atoms with van der Waals surface area (Å²) in [4.78, 5) is 24.7. The molecule has 0 bridgehead atoms. The van der Waals surface area contributed by atoms with Crippen LogP contribution in [-0.2, 0) is 4.74 Å². The van der Waals surface area contributed by atoms with E-state index in [-0.39, 0.29) is 27.2 Å². The number of methoxy groups -OCH3 is 2. The fraction of sp³-hybridized carbons (Fsp3) is 0.238. The van der Waals surface area contributed by atoms with Gasteiger partial charge < -0.3 is 19.2 Å². The van der Waals surface area contributed by atoms with Gasteiger partial charge in [0.25, 0.3) is 5.91 Å². The molecule has 0 radical (unpaired) electrons. The van der Waals surface area contributed by atoms with Crippen molar-refractivity contribution < 1.29 is 23.5 Å². The van der Waals surface area contributed by atoms with Gasteiger partial charge in [0.2, 0.25) is 0 Å². The van der Waals surface area contributed by atoms with Crippen LogP contribution in [0.4, 0.5) is 5.69 Å². The van der Waals surface area contributed by atoms with Gasteiger partial charge in [0, 0.05) is 11.3 Å². The molecule has 152 valence electrons. The second kappa shape index (κ2) is 8.35. The summed E-state index contributed by atoms with van der Waals surface area (Å²) in [7, 11) is 2.79. The van der Waals surface area contributed by atoms with E-state index in [9.17, 15) is 9.59 Å². The number of benzene rings is 2. The van der Waals surface area contributed by atoms with Crippen molar-refractivity contribution in [2.24, 2.45) is 0 Å². The molecule has 0 spiro atoms. The molecule has 29 heavy (non-hydrogen) atoms. The Morgan fingerprint density at radius 2 is 1.72 bits per heavy atom. The highest BCUT2D eigenvalue weighted by atomic mass is 35.5. The number of esters is 1. The van der Waals surface area contributed by atoms with E-state index in [1.807, 2.05) is 19.9 Å². The monoisotopic (exact) mass is 435 g/mol. The van der Waals surface area contributed by atoms with Crippen LogP contribution in [0.25, 0.3) is 11.0 Å². The molecule has 2 aromatic carbocycles. The zero-order valence-electron chi connectivity index (χ0n) is 16.3. The van der Waals surface area contributed by atoms with E-state index in [1.165, 1.54) is 26.4 Å². The number of nitrogens with one attached hydrogen (secondary N) is 1. The lowest BCUT2D eigenvalue weighted by molar-refractivity contribution is 0.0600. The average Bonchev–Trinajstić information content (AvgIpc) is 3.14. The van der Waals surface area contributed by atoms with Crippen LogP contribution in [0, 0.1) is 0 Å². The highest BCUT2D eigenvalue weighted by Crippen LogP contribution is 2.36. The third-order valence-electron chi connectivity index (χ3n) is 4.40. The predicted octanol–water partition coefficient (Wildman–Crippen LogP) is 5.91. The summed E-state index contributed by atoms with van der Waals surface area (Å²) in [6.07, 6.45) is 0. The van der Waals surface area contributed by atoms with Crippen molar-refractivity contribution in [3.05, 3.63) is 57.3 Å². The lowest BCUT2D eigenvalue weighted by Gasteiger charge is -2.12. The molecule has 0 fully saturated rings. The van der Waals surface area contributed by atoms with Gasteiger partial charge >= 0.3 is 5.97 Å². The number of ether oxygens (including phenoxy) is 2. The van der Waals surface area contributed by atoms with Crippen molar-refractivity contribution >= 4 is 51.7 Å². The Kier molecular flexibility index (Phi) is 6.05. The highest BCUT2D eigenvalue weighted by Gasteiger charge is 2.21. The van der Waals surface area contributed by atoms with Crippen LogP contribution in [0.3, 0.4) is 0 Å². The number of furan rings is 1. The zero-order chi connectivity index (χ0) is 21.3. The summed E-state index contributed by atoms with van der Waals surface area (Å²) < 4.78 is 15.9. The SMILES string of the molecule is COC(=O)c1cc(Cl)c(NC(=O)c2ccc(OC)c3oc(C(C)C)cc23)c(Cl)c1. The van der Waals surface area contributed by atoms with Crippen molar-refractivity contribution in [3.8, 4) is 5.75 Å². The third kappa shape index (κ3) is 4.04. The Bertz CT molecular complexity index is 1080. The molecule has 1 amide bonds. The molecule has 0 unspecified atom stereocenters. The number of amides is 1. The number of hydrogen-bond acceptors (Lipinski definition) is 5. The zero-order valence-corrected chi connectivity index (χ0v) is 17.8. The number of carbonyl (C=O) groups is 2. The number of halogens is 2. The average molecular weight is 436 g/mol. The van der Waals surface area contributed by atoms with Crippen LogP contribution in [0.1, 0.15) is 46.2 Å². The first-order chi connectivity index (χ1) is 13.8. The van der Waals surface area contributed by atoms with Crippen LogP contribution in [-0.4, -0.2) is 26.1 Å². The second-order valence-electron chi connectivity index (χ2n) is 6.62. The van der Waals surface area contributed by atoms with E-state index in [4.69, 9.17) is 32.4 Å². The van der Waals surface area contributed by atoms with Crippen LogP contribution >= 0.6 is 23.2 Å². The fourth-order valence-electron chi connectivity index (χ4n) is 2.87. The maximum atomic E-state index is 13.0. The Balaban J connectivity index is 2.02. The van der Waals surface area contributed by atoms with Gasteiger partial charge in [0.05, 0.1) is 41.1 Å².